The Morgan fingerprint density at radius 2 is 2.06 bits per heavy atom. The van der Waals surface area contributed by atoms with E-state index in [0.717, 1.165) is 29.8 Å². The van der Waals surface area contributed by atoms with Gasteiger partial charge in [0.2, 0.25) is 5.91 Å². The second-order valence-corrected chi connectivity index (χ2v) is 8.07. The average Bonchev–Trinajstić information content (AvgIpc) is 3.49. The molecule has 1 aliphatic carbocycles. The minimum atomic E-state index is -0.647. The second-order valence-electron chi connectivity index (χ2n) is 8.07. The van der Waals surface area contributed by atoms with Crippen LogP contribution in [0.2, 0.25) is 0 Å². The Hall–Kier alpha value is -3.68. The van der Waals surface area contributed by atoms with E-state index in [2.05, 4.69) is 20.5 Å². The number of fused-ring (bicyclic) bond motifs is 1. The van der Waals surface area contributed by atoms with Gasteiger partial charge < -0.3 is 10.1 Å². The first-order valence-corrected chi connectivity index (χ1v) is 10.4. The molecule has 1 atom stereocenters. The van der Waals surface area contributed by atoms with Crippen molar-refractivity contribution in [1.29, 1.82) is 0 Å². The van der Waals surface area contributed by atoms with Gasteiger partial charge in [-0.1, -0.05) is 23.8 Å². The number of aryl methyl sites for hydroxylation is 1. The number of nitrogens with zero attached hydrogens (tertiary/aromatic N) is 3. The second kappa shape index (κ2) is 7.54. The molecule has 31 heavy (non-hydrogen) atoms. The summed E-state index contributed by atoms with van der Waals surface area (Å²) >= 11 is 0. The number of carbonyl (C=O) groups excluding carboxylic acids is 2. The SMILES string of the molecule is Cc1ccc(NC(=O)CN2C(=O)[C@@H](C)Oc3ccccc32)c(-c2n[nH]c(C3CC3)n2)c1. The van der Waals surface area contributed by atoms with Crippen LogP contribution in [0.4, 0.5) is 11.4 Å². The molecule has 0 radical (unpaired) electrons. The number of ether oxygens (including phenoxy) is 1. The molecule has 2 amide bonds. The number of anilines is 2. The Morgan fingerprint density at radius 1 is 1.26 bits per heavy atom. The lowest BCUT2D eigenvalue weighted by Gasteiger charge is -2.32. The van der Waals surface area contributed by atoms with Gasteiger partial charge in [0.05, 0.1) is 11.4 Å². The molecule has 8 heteroatoms. The summed E-state index contributed by atoms with van der Waals surface area (Å²) in [7, 11) is 0. The number of nitrogens with one attached hydrogen (secondary N) is 2. The van der Waals surface area contributed by atoms with E-state index in [1.54, 1.807) is 19.1 Å². The number of para-hydroxylation sites is 2. The minimum absolute atomic E-state index is 0.113. The van der Waals surface area contributed by atoms with Crippen LogP contribution in [-0.4, -0.2) is 39.6 Å². The van der Waals surface area contributed by atoms with Crippen LogP contribution in [0.25, 0.3) is 11.4 Å². The third-order valence-electron chi connectivity index (χ3n) is 5.53. The molecule has 1 aliphatic heterocycles. The van der Waals surface area contributed by atoms with E-state index in [1.165, 1.54) is 4.90 Å². The highest BCUT2D eigenvalue weighted by Crippen LogP contribution is 2.39. The van der Waals surface area contributed by atoms with E-state index in [9.17, 15) is 9.59 Å². The number of rotatable bonds is 5. The molecule has 0 saturated heterocycles. The van der Waals surface area contributed by atoms with E-state index in [-0.39, 0.29) is 18.4 Å². The van der Waals surface area contributed by atoms with Crippen molar-refractivity contribution in [3.63, 3.8) is 0 Å². The Bertz CT molecular complexity index is 1170. The number of aromatic nitrogens is 3. The lowest BCUT2D eigenvalue weighted by Crippen LogP contribution is -2.47. The van der Waals surface area contributed by atoms with Gasteiger partial charge in [0.1, 0.15) is 18.1 Å². The third kappa shape index (κ3) is 3.76. The molecule has 2 N–H and O–H groups in total. The van der Waals surface area contributed by atoms with Gasteiger partial charge in [0.25, 0.3) is 5.91 Å². The van der Waals surface area contributed by atoms with E-state index < -0.39 is 6.10 Å². The largest absolute Gasteiger partial charge is 0.479 e. The first-order valence-electron chi connectivity index (χ1n) is 10.4. The number of aromatic amines is 1. The van der Waals surface area contributed by atoms with Crippen LogP contribution in [0, 0.1) is 6.92 Å². The summed E-state index contributed by atoms with van der Waals surface area (Å²) in [6, 6.07) is 12.9. The Morgan fingerprint density at radius 3 is 2.87 bits per heavy atom. The number of amides is 2. The molecular formula is C23H23N5O3. The fourth-order valence-corrected chi connectivity index (χ4v) is 3.74. The summed E-state index contributed by atoms with van der Waals surface area (Å²) in [6.07, 6.45) is 1.60. The summed E-state index contributed by atoms with van der Waals surface area (Å²) in [6.45, 7) is 3.55. The fourth-order valence-electron chi connectivity index (χ4n) is 3.74. The maximum atomic E-state index is 12.9. The first-order chi connectivity index (χ1) is 15.0. The van der Waals surface area contributed by atoms with Gasteiger partial charge in [0.15, 0.2) is 11.9 Å². The highest BCUT2D eigenvalue weighted by Gasteiger charge is 2.33. The fraction of sp³-hybridized carbons (Fsp3) is 0.304. The number of H-pyrrole nitrogens is 1. The molecule has 0 spiro atoms. The molecule has 2 heterocycles. The van der Waals surface area contributed by atoms with Crippen LogP contribution in [0.3, 0.4) is 0 Å². The molecule has 0 bridgehead atoms. The maximum absolute atomic E-state index is 12.9. The zero-order valence-corrected chi connectivity index (χ0v) is 17.4. The predicted molar refractivity (Wildman–Crippen MR) is 116 cm³/mol. The smallest absolute Gasteiger partial charge is 0.268 e. The molecule has 2 aromatic carbocycles. The van der Waals surface area contributed by atoms with Crippen LogP contribution >= 0.6 is 0 Å². The molecule has 8 nitrogen and oxygen atoms in total. The molecule has 158 valence electrons. The molecule has 5 rings (SSSR count). The molecule has 1 saturated carbocycles. The average molecular weight is 417 g/mol. The van der Waals surface area contributed by atoms with Gasteiger partial charge in [-0.25, -0.2) is 4.98 Å². The Balaban J connectivity index is 1.39. The Kier molecular flexibility index (Phi) is 4.69. The quantitative estimate of drug-likeness (QED) is 0.663. The molecule has 1 fully saturated rings. The lowest BCUT2D eigenvalue weighted by atomic mass is 10.1. The van der Waals surface area contributed by atoms with E-state index in [0.29, 0.717) is 28.9 Å². The van der Waals surface area contributed by atoms with Gasteiger partial charge >= 0.3 is 0 Å². The highest BCUT2D eigenvalue weighted by molar-refractivity contribution is 6.06. The predicted octanol–water partition coefficient (Wildman–Crippen LogP) is 3.41. The molecule has 3 aromatic rings. The van der Waals surface area contributed by atoms with E-state index >= 15 is 0 Å². The summed E-state index contributed by atoms with van der Waals surface area (Å²) in [5.74, 6) is 1.94. The number of hydrogen-bond acceptors (Lipinski definition) is 5. The van der Waals surface area contributed by atoms with Crippen LogP contribution in [0.1, 0.15) is 37.1 Å². The van der Waals surface area contributed by atoms with Crippen molar-refractivity contribution in [2.24, 2.45) is 0 Å². The van der Waals surface area contributed by atoms with Crippen LogP contribution < -0.4 is 15.0 Å². The zero-order chi connectivity index (χ0) is 21.5. The molecule has 0 unspecified atom stereocenters. The van der Waals surface area contributed by atoms with Gasteiger partial charge in [-0.3, -0.25) is 19.6 Å². The summed E-state index contributed by atoms with van der Waals surface area (Å²) < 4.78 is 5.65. The summed E-state index contributed by atoms with van der Waals surface area (Å²) in [5.41, 5.74) is 2.99. The molecular weight excluding hydrogens is 394 g/mol. The van der Waals surface area contributed by atoms with Gasteiger partial charge in [-0.15, -0.1) is 0 Å². The van der Waals surface area contributed by atoms with Crippen molar-refractivity contribution in [3.8, 4) is 17.1 Å². The van der Waals surface area contributed by atoms with E-state index in [4.69, 9.17) is 4.74 Å². The van der Waals surface area contributed by atoms with E-state index in [1.807, 2.05) is 37.3 Å². The highest BCUT2D eigenvalue weighted by atomic mass is 16.5. The van der Waals surface area contributed by atoms with Crippen molar-refractivity contribution in [3.05, 3.63) is 53.9 Å². The van der Waals surface area contributed by atoms with Gasteiger partial charge in [-0.2, -0.15) is 5.10 Å². The minimum Gasteiger partial charge on any atom is -0.479 e. The van der Waals surface area contributed by atoms with Crippen LogP contribution in [-0.2, 0) is 9.59 Å². The molecule has 1 aromatic heterocycles. The van der Waals surface area contributed by atoms with Crippen LogP contribution in [0.5, 0.6) is 5.75 Å². The standard InChI is InChI=1S/C23H23N5O3/c1-13-7-10-17(16(11-13)22-25-21(26-27-22)15-8-9-15)24-20(29)12-28-18-5-3-4-6-19(18)31-14(2)23(28)30/h3-7,10-11,14-15H,8-9,12H2,1-2H3,(H,24,29)(H,25,26,27)/t14-/m1/s1. The Labute approximate surface area is 179 Å². The van der Waals surface area contributed by atoms with Gasteiger partial charge in [0, 0.05) is 11.5 Å². The van der Waals surface area contributed by atoms with Crippen molar-refractivity contribution < 1.29 is 14.3 Å². The third-order valence-corrected chi connectivity index (χ3v) is 5.53. The van der Waals surface area contributed by atoms with Crippen molar-refractivity contribution in [1.82, 2.24) is 15.2 Å². The number of hydrogen-bond donors (Lipinski definition) is 2. The van der Waals surface area contributed by atoms with Gasteiger partial charge in [-0.05, 0) is 51.0 Å². The number of carbonyl (C=O) groups is 2. The summed E-state index contributed by atoms with van der Waals surface area (Å²) in [4.78, 5) is 31.7. The van der Waals surface area contributed by atoms with Crippen LogP contribution in [0.15, 0.2) is 42.5 Å². The van der Waals surface area contributed by atoms with Crippen molar-refractivity contribution >= 4 is 23.2 Å². The topological polar surface area (TPSA) is 100 Å². The first kappa shape index (κ1) is 19.3. The monoisotopic (exact) mass is 417 g/mol. The lowest BCUT2D eigenvalue weighted by molar-refractivity contribution is -0.127. The normalized spacial score (nSPS) is 17.8. The zero-order valence-electron chi connectivity index (χ0n) is 17.4. The molecule has 2 aliphatic rings. The van der Waals surface area contributed by atoms with Crippen molar-refractivity contribution in [2.75, 3.05) is 16.8 Å². The number of benzene rings is 2. The maximum Gasteiger partial charge on any atom is 0.268 e. The summed E-state index contributed by atoms with van der Waals surface area (Å²) in [5, 5.41) is 10.3. The van der Waals surface area contributed by atoms with Crippen molar-refractivity contribution in [2.45, 2.75) is 38.7 Å².